The van der Waals surface area contributed by atoms with Crippen LogP contribution >= 0.6 is 49.9 Å². The topological polar surface area (TPSA) is 83.7 Å². The summed E-state index contributed by atoms with van der Waals surface area (Å²) in [5.74, 6) is -0.772. The number of nitrogens with zero attached hydrogens (tertiary/aromatic N) is 2. The molecule has 1 aromatic heterocycles. The van der Waals surface area contributed by atoms with Crippen molar-refractivity contribution in [2.75, 3.05) is 5.32 Å². The molecule has 0 saturated carbocycles. The molecule has 0 aliphatic carbocycles. The van der Waals surface area contributed by atoms with E-state index in [1.807, 2.05) is 40.8 Å². The van der Waals surface area contributed by atoms with Gasteiger partial charge in [0.15, 0.2) is 4.80 Å². The number of allylic oxidation sites excluding steroid dienone is 1. The number of aromatic nitrogens is 1. The van der Waals surface area contributed by atoms with E-state index in [1.165, 1.54) is 16.7 Å². The van der Waals surface area contributed by atoms with E-state index in [9.17, 15) is 19.1 Å². The number of carbonyl (C=O) groups is 1. The number of fused-ring (bicyclic) bond motifs is 1. The van der Waals surface area contributed by atoms with E-state index in [2.05, 4.69) is 26.2 Å². The van der Waals surface area contributed by atoms with Gasteiger partial charge >= 0.3 is 0 Å². The molecule has 1 atom stereocenters. The maximum Gasteiger partial charge on any atom is 0.271 e. The minimum Gasteiger partial charge on any atom is -0.506 e. The van der Waals surface area contributed by atoms with Crippen LogP contribution in [0.5, 0.6) is 5.75 Å². The summed E-state index contributed by atoms with van der Waals surface area (Å²) in [4.78, 5) is 32.2. The number of hydrogen-bond acceptors (Lipinski definition) is 5. The molecule has 2 heterocycles. The van der Waals surface area contributed by atoms with E-state index in [-0.39, 0.29) is 16.9 Å². The number of phenolic OH excluding ortho intramolecular Hbond substituents is 1. The summed E-state index contributed by atoms with van der Waals surface area (Å²) in [7, 11) is 0. The SMILES string of the molecule is CC1=C(C(=O)Nc2ccccc2)[C@H](c2ccc(F)cc2)n2c(s/c(=C/c3cc(Br)cc(I)c3O)c2=O)=N1. The Balaban J connectivity index is 1.70. The summed E-state index contributed by atoms with van der Waals surface area (Å²) in [6.45, 7) is 1.72. The molecule has 37 heavy (non-hydrogen) atoms. The molecule has 10 heteroatoms. The lowest BCUT2D eigenvalue weighted by Gasteiger charge is -2.25. The average Bonchev–Trinajstić information content (AvgIpc) is 3.16. The molecular formula is C27H18BrFIN3O3S. The highest BCUT2D eigenvalue weighted by atomic mass is 127. The zero-order valence-corrected chi connectivity index (χ0v) is 23.8. The number of hydrogen-bond donors (Lipinski definition) is 2. The highest BCUT2D eigenvalue weighted by Crippen LogP contribution is 2.32. The fourth-order valence-electron chi connectivity index (χ4n) is 4.13. The Bertz CT molecular complexity index is 1750. The molecule has 1 aliphatic heterocycles. The first-order chi connectivity index (χ1) is 17.7. The Morgan fingerprint density at radius 2 is 1.89 bits per heavy atom. The van der Waals surface area contributed by atoms with Crippen molar-refractivity contribution in [3.05, 3.63) is 123 Å². The molecule has 5 rings (SSSR count). The Labute approximate surface area is 236 Å². The van der Waals surface area contributed by atoms with Gasteiger partial charge in [-0.3, -0.25) is 14.2 Å². The molecule has 0 radical (unpaired) electrons. The number of rotatable bonds is 4. The standard InChI is InChI=1S/C27H18BrFIN3O3S/c1-14-22(25(35)32-19-5-3-2-4-6-19)23(15-7-9-18(29)10-8-15)33-26(36)21(37-27(33)31-14)12-16-11-17(28)13-20(30)24(16)34/h2-13,23,34H,1H3,(H,32,35)/b21-12+/t23-/m0/s1. The van der Waals surface area contributed by atoms with Crippen molar-refractivity contribution in [1.29, 1.82) is 0 Å². The van der Waals surface area contributed by atoms with Crippen LogP contribution in [0.2, 0.25) is 0 Å². The van der Waals surface area contributed by atoms with E-state index >= 15 is 0 Å². The largest absolute Gasteiger partial charge is 0.506 e. The molecule has 2 N–H and O–H groups in total. The first kappa shape index (κ1) is 25.6. The summed E-state index contributed by atoms with van der Waals surface area (Å²) >= 11 is 6.60. The Hall–Kier alpha value is -3.09. The average molecular weight is 690 g/mol. The van der Waals surface area contributed by atoms with E-state index in [0.29, 0.717) is 35.4 Å². The van der Waals surface area contributed by atoms with Crippen molar-refractivity contribution in [1.82, 2.24) is 4.57 Å². The van der Waals surface area contributed by atoms with Gasteiger partial charge in [-0.1, -0.05) is 57.6 Å². The van der Waals surface area contributed by atoms with E-state index in [1.54, 1.807) is 49.4 Å². The van der Waals surface area contributed by atoms with Crippen molar-refractivity contribution in [3.63, 3.8) is 0 Å². The zero-order valence-electron chi connectivity index (χ0n) is 19.2. The summed E-state index contributed by atoms with van der Waals surface area (Å²) in [6, 6.07) is 17.4. The minimum absolute atomic E-state index is 0.0591. The van der Waals surface area contributed by atoms with Crippen LogP contribution in [0.4, 0.5) is 10.1 Å². The minimum atomic E-state index is -0.820. The number of amides is 1. The lowest BCUT2D eigenvalue weighted by atomic mass is 9.95. The number of anilines is 1. The van der Waals surface area contributed by atoms with Crippen LogP contribution in [0.15, 0.2) is 92.3 Å². The second kappa shape index (κ2) is 10.3. The van der Waals surface area contributed by atoms with Crippen LogP contribution in [0, 0.1) is 9.39 Å². The molecular weight excluding hydrogens is 672 g/mol. The lowest BCUT2D eigenvalue weighted by molar-refractivity contribution is -0.113. The molecule has 0 unspecified atom stereocenters. The molecule has 4 aromatic rings. The van der Waals surface area contributed by atoms with Crippen LogP contribution in [0.25, 0.3) is 6.08 Å². The Morgan fingerprint density at radius 3 is 2.59 bits per heavy atom. The lowest BCUT2D eigenvalue weighted by Crippen LogP contribution is -2.40. The highest BCUT2D eigenvalue weighted by Gasteiger charge is 2.32. The first-order valence-corrected chi connectivity index (χ1v) is 13.7. The number of nitrogens with one attached hydrogen (secondary N) is 1. The number of thiazole rings is 1. The Kier molecular flexibility index (Phi) is 7.15. The van der Waals surface area contributed by atoms with Gasteiger partial charge in [-0.05, 0) is 77.6 Å². The van der Waals surface area contributed by atoms with E-state index < -0.39 is 17.8 Å². The molecule has 6 nitrogen and oxygen atoms in total. The van der Waals surface area contributed by atoms with Crippen molar-refractivity contribution < 1.29 is 14.3 Å². The van der Waals surface area contributed by atoms with Gasteiger partial charge in [-0.15, -0.1) is 0 Å². The monoisotopic (exact) mass is 689 g/mol. The third-order valence-electron chi connectivity index (χ3n) is 5.83. The quantitative estimate of drug-likeness (QED) is 0.293. The van der Waals surface area contributed by atoms with Gasteiger partial charge in [0.25, 0.3) is 11.5 Å². The van der Waals surface area contributed by atoms with Gasteiger partial charge in [0.05, 0.1) is 25.4 Å². The summed E-state index contributed by atoms with van der Waals surface area (Å²) in [5.41, 5.74) is 2.01. The maximum absolute atomic E-state index is 13.8. The molecule has 0 bridgehead atoms. The first-order valence-electron chi connectivity index (χ1n) is 11.1. The van der Waals surface area contributed by atoms with Crippen LogP contribution in [-0.2, 0) is 4.79 Å². The molecule has 186 valence electrons. The van der Waals surface area contributed by atoms with Crippen LogP contribution in [0.1, 0.15) is 24.1 Å². The number of carbonyl (C=O) groups excluding carboxylic acids is 1. The molecule has 0 saturated heterocycles. The number of aromatic hydroxyl groups is 1. The summed E-state index contributed by atoms with van der Waals surface area (Å²) in [6.07, 6.45) is 1.61. The van der Waals surface area contributed by atoms with E-state index in [4.69, 9.17) is 0 Å². The second-order valence-corrected chi connectivity index (χ2v) is 11.4. The van der Waals surface area contributed by atoms with Gasteiger partial charge in [-0.2, -0.15) is 0 Å². The molecule has 1 amide bonds. The van der Waals surface area contributed by atoms with Gasteiger partial charge in [0, 0.05) is 15.7 Å². The fraction of sp³-hybridized carbons (Fsp3) is 0.0741. The number of phenols is 1. The maximum atomic E-state index is 13.8. The summed E-state index contributed by atoms with van der Waals surface area (Å²) in [5, 5.41) is 13.4. The predicted molar refractivity (Wildman–Crippen MR) is 154 cm³/mol. The summed E-state index contributed by atoms with van der Waals surface area (Å²) < 4.78 is 17.0. The molecule has 1 aliphatic rings. The third kappa shape index (κ3) is 5.05. The van der Waals surface area contributed by atoms with Crippen molar-refractivity contribution in [2.45, 2.75) is 13.0 Å². The zero-order chi connectivity index (χ0) is 26.3. The van der Waals surface area contributed by atoms with Gasteiger partial charge in [-0.25, -0.2) is 9.38 Å². The van der Waals surface area contributed by atoms with Crippen molar-refractivity contribution in [3.8, 4) is 5.75 Å². The molecule has 0 fully saturated rings. The highest BCUT2D eigenvalue weighted by molar-refractivity contribution is 14.1. The van der Waals surface area contributed by atoms with Crippen molar-refractivity contribution >= 4 is 67.5 Å². The van der Waals surface area contributed by atoms with Crippen LogP contribution in [-0.4, -0.2) is 15.6 Å². The normalized spacial score (nSPS) is 15.4. The molecule has 3 aromatic carbocycles. The smallest absolute Gasteiger partial charge is 0.271 e. The van der Waals surface area contributed by atoms with Crippen molar-refractivity contribution in [2.24, 2.45) is 4.99 Å². The van der Waals surface area contributed by atoms with E-state index in [0.717, 1.165) is 15.8 Å². The number of para-hydroxylation sites is 1. The second-order valence-electron chi connectivity index (χ2n) is 8.28. The third-order valence-corrected chi connectivity index (χ3v) is 8.09. The van der Waals surface area contributed by atoms with Gasteiger partial charge < -0.3 is 10.4 Å². The number of halogens is 3. The predicted octanol–water partition coefficient (Wildman–Crippen LogP) is 5.09. The number of benzene rings is 3. The Morgan fingerprint density at radius 1 is 1.19 bits per heavy atom. The fourth-order valence-corrected chi connectivity index (χ4v) is 6.72. The van der Waals surface area contributed by atoms with Gasteiger partial charge in [0.2, 0.25) is 0 Å². The molecule has 0 spiro atoms. The van der Waals surface area contributed by atoms with Crippen LogP contribution < -0.4 is 20.2 Å². The van der Waals surface area contributed by atoms with Crippen LogP contribution in [0.3, 0.4) is 0 Å². The van der Waals surface area contributed by atoms with Gasteiger partial charge in [0.1, 0.15) is 11.6 Å².